The monoisotopic (exact) mass is 404 g/mol. The average molecular weight is 404 g/mol. The molecule has 2 aromatic carbocycles. The number of aromatic hydroxyl groups is 1. The van der Waals surface area contributed by atoms with E-state index < -0.39 is 33.3 Å². The molecule has 0 aliphatic rings. The molecule has 0 aliphatic carbocycles. The molecule has 0 fully saturated rings. The van der Waals surface area contributed by atoms with Gasteiger partial charge in [0.1, 0.15) is 10.6 Å². The number of anilines is 1. The van der Waals surface area contributed by atoms with Crippen LogP contribution in [0, 0.1) is 10.1 Å². The second kappa shape index (κ2) is 8.77. The van der Waals surface area contributed by atoms with Crippen molar-refractivity contribution in [2.75, 3.05) is 12.4 Å². The van der Waals surface area contributed by atoms with Crippen LogP contribution in [0.4, 0.5) is 16.2 Å². The van der Waals surface area contributed by atoms with Gasteiger partial charge in [-0.3, -0.25) is 20.2 Å². The maximum absolute atomic E-state index is 12.4. The van der Waals surface area contributed by atoms with Gasteiger partial charge in [-0.2, -0.15) is 0 Å². The Balaban J connectivity index is 2.48. The van der Waals surface area contributed by atoms with E-state index in [-0.39, 0.29) is 23.4 Å². The Morgan fingerprint density at radius 2 is 1.96 bits per heavy atom. The standard InChI is InChI=1S/C17H16N4O6S/c1-27-15-10(19-12(22)7-9-5-3-2-4-6-9)8-11(21(25)26)14(23)13(15)16(28)20-17(18)24/h2-6,8,23H,7H2,1H3,(H,19,22)(H3,18,20,24,28). The van der Waals surface area contributed by atoms with Crippen LogP contribution in [-0.2, 0) is 11.2 Å². The number of ether oxygens (including phenoxy) is 1. The van der Waals surface area contributed by atoms with Crippen LogP contribution in [0.3, 0.4) is 0 Å². The number of phenols is 1. The van der Waals surface area contributed by atoms with Gasteiger partial charge in [0.25, 0.3) is 0 Å². The van der Waals surface area contributed by atoms with Crippen LogP contribution >= 0.6 is 12.2 Å². The Bertz CT molecular complexity index is 948. The number of primary amides is 1. The van der Waals surface area contributed by atoms with E-state index in [2.05, 4.69) is 10.6 Å². The minimum absolute atomic E-state index is 0.00200. The van der Waals surface area contributed by atoms with Crippen molar-refractivity contribution in [2.45, 2.75) is 6.42 Å². The second-order valence-corrected chi connectivity index (χ2v) is 5.89. The lowest BCUT2D eigenvalue weighted by molar-refractivity contribution is -0.385. The third-order valence-corrected chi connectivity index (χ3v) is 3.88. The first-order valence-corrected chi connectivity index (χ1v) is 8.18. The zero-order chi connectivity index (χ0) is 20.8. The number of carbonyl (C=O) groups excluding carboxylic acids is 2. The first kappa shape index (κ1) is 20.6. The zero-order valence-corrected chi connectivity index (χ0v) is 15.4. The van der Waals surface area contributed by atoms with Gasteiger partial charge in [0.05, 0.1) is 24.1 Å². The number of phenolic OH excluding ortho intramolecular Hbond substituents is 1. The lowest BCUT2D eigenvalue weighted by Gasteiger charge is -2.16. The summed E-state index contributed by atoms with van der Waals surface area (Å²) in [5.41, 5.74) is 4.55. The van der Waals surface area contributed by atoms with E-state index in [1.807, 2.05) is 0 Å². The molecular formula is C17H16N4O6S. The summed E-state index contributed by atoms with van der Waals surface area (Å²) in [5, 5.41) is 26.1. The molecule has 2 aromatic rings. The number of nitro benzene ring substituents is 1. The number of hydrogen-bond donors (Lipinski definition) is 4. The summed E-state index contributed by atoms with van der Waals surface area (Å²) >= 11 is 4.98. The summed E-state index contributed by atoms with van der Waals surface area (Å²) < 4.78 is 5.17. The SMILES string of the molecule is COc1c(NC(=O)Cc2ccccc2)cc([N+](=O)[O-])c(O)c1C(=S)NC(N)=O. The van der Waals surface area contributed by atoms with Crippen LogP contribution in [-0.4, -0.2) is 34.1 Å². The fourth-order valence-electron chi connectivity index (χ4n) is 2.45. The molecule has 0 atom stereocenters. The van der Waals surface area contributed by atoms with E-state index in [1.54, 1.807) is 30.3 Å². The fraction of sp³-hybridized carbons (Fsp3) is 0.118. The topological polar surface area (TPSA) is 157 Å². The number of nitrogens with zero attached hydrogens (tertiary/aromatic N) is 1. The lowest BCUT2D eigenvalue weighted by Crippen LogP contribution is -2.34. The first-order valence-electron chi connectivity index (χ1n) is 7.77. The Morgan fingerprint density at radius 1 is 1.32 bits per heavy atom. The van der Waals surface area contributed by atoms with Gasteiger partial charge in [0.2, 0.25) is 11.7 Å². The molecule has 2 rings (SSSR count). The summed E-state index contributed by atoms with van der Waals surface area (Å²) in [6.45, 7) is 0. The van der Waals surface area contributed by atoms with Crippen molar-refractivity contribution >= 4 is 40.5 Å². The second-order valence-electron chi connectivity index (χ2n) is 5.49. The van der Waals surface area contributed by atoms with Gasteiger partial charge in [-0.05, 0) is 5.56 Å². The number of rotatable bonds is 6. The van der Waals surface area contributed by atoms with E-state index in [9.17, 15) is 24.8 Å². The van der Waals surface area contributed by atoms with Crippen molar-refractivity contribution in [2.24, 2.45) is 5.73 Å². The van der Waals surface area contributed by atoms with Gasteiger partial charge in [-0.15, -0.1) is 0 Å². The summed E-state index contributed by atoms with van der Waals surface area (Å²) in [6, 6.07) is 8.72. The summed E-state index contributed by atoms with van der Waals surface area (Å²) in [7, 11) is 1.21. The maximum Gasteiger partial charge on any atom is 0.317 e. The van der Waals surface area contributed by atoms with Crippen molar-refractivity contribution in [3.8, 4) is 11.5 Å². The van der Waals surface area contributed by atoms with Crippen LogP contribution in [0.15, 0.2) is 36.4 Å². The van der Waals surface area contributed by atoms with E-state index >= 15 is 0 Å². The number of nitrogens with one attached hydrogen (secondary N) is 2. The lowest BCUT2D eigenvalue weighted by atomic mass is 10.1. The van der Waals surface area contributed by atoms with E-state index in [1.165, 1.54) is 7.11 Å². The highest BCUT2D eigenvalue weighted by atomic mass is 32.1. The number of amides is 3. The third kappa shape index (κ3) is 4.71. The van der Waals surface area contributed by atoms with Crippen LogP contribution in [0.25, 0.3) is 0 Å². The highest BCUT2D eigenvalue weighted by Crippen LogP contribution is 2.42. The summed E-state index contributed by atoms with van der Waals surface area (Å²) in [4.78, 5) is 33.5. The molecule has 0 bridgehead atoms. The molecule has 5 N–H and O–H groups in total. The number of methoxy groups -OCH3 is 1. The van der Waals surface area contributed by atoms with Crippen LogP contribution in [0.2, 0.25) is 0 Å². The minimum Gasteiger partial charge on any atom is -0.502 e. The summed E-state index contributed by atoms with van der Waals surface area (Å²) in [5.74, 6) is -1.48. The van der Waals surface area contributed by atoms with Crippen LogP contribution < -0.4 is 21.1 Å². The Kier molecular flexibility index (Phi) is 6.45. The van der Waals surface area contributed by atoms with E-state index in [0.29, 0.717) is 0 Å². The number of thiocarbonyl (C=S) groups is 1. The quantitative estimate of drug-likeness (QED) is 0.247. The first-order chi connectivity index (χ1) is 13.2. The van der Waals surface area contributed by atoms with Crippen molar-refractivity contribution < 1.29 is 24.4 Å². The van der Waals surface area contributed by atoms with Gasteiger partial charge in [0, 0.05) is 6.07 Å². The molecule has 0 spiro atoms. The largest absolute Gasteiger partial charge is 0.502 e. The van der Waals surface area contributed by atoms with Crippen molar-refractivity contribution in [3.05, 3.63) is 57.6 Å². The number of urea groups is 1. The molecule has 0 saturated heterocycles. The van der Waals surface area contributed by atoms with Crippen molar-refractivity contribution in [3.63, 3.8) is 0 Å². The van der Waals surface area contributed by atoms with Gasteiger partial charge in [-0.1, -0.05) is 42.5 Å². The summed E-state index contributed by atoms with van der Waals surface area (Å²) in [6.07, 6.45) is -0.00200. The smallest absolute Gasteiger partial charge is 0.317 e. The molecule has 11 heteroatoms. The molecule has 0 aromatic heterocycles. The number of benzene rings is 2. The Hall–Kier alpha value is -3.73. The van der Waals surface area contributed by atoms with Crippen molar-refractivity contribution in [1.82, 2.24) is 5.32 Å². The maximum atomic E-state index is 12.4. The predicted molar refractivity (Wildman–Crippen MR) is 105 cm³/mol. The number of nitro groups is 1. The van der Waals surface area contributed by atoms with Crippen LogP contribution in [0.1, 0.15) is 11.1 Å². The normalized spacial score (nSPS) is 10.0. The molecule has 0 heterocycles. The molecule has 0 radical (unpaired) electrons. The number of carbonyl (C=O) groups is 2. The van der Waals surface area contributed by atoms with Gasteiger partial charge in [-0.25, -0.2) is 4.79 Å². The highest BCUT2D eigenvalue weighted by Gasteiger charge is 2.28. The molecule has 146 valence electrons. The Labute approximate surface area is 164 Å². The zero-order valence-electron chi connectivity index (χ0n) is 14.6. The minimum atomic E-state index is -1.03. The Morgan fingerprint density at radius 3 is 2.50 bits per heavy atom. The average Bonchev–Trinajstić information content (AvgIpc) is 2.62. The molecule has 10 nitrogen and oxygen atoms in total. The molecule has 28 heavy (non-hydrogen) atoms. The van der Waals surface area contributed by atoms with E-state index in [4.69, 9.17) is 22.7 Å². The molecule has 0 unspecified atom stereocenters. The van der Waals surface area contributed by atoms with E-state index in [0.717, 1.165) is 11.6 Å². The predicted octanol–water partition coefficient (Wildman–Crippen LogP) is 1.83. The number of nitrogens with two attached hydrogens (primary N) is 1. The number of hydrogen-bond acceptors (Lipinski definition) is 7. The van der Waals surface area contributed by atoms with Gasteiger partial charge >= 0.3 is 11.7 Å². The molecule has 3 amide bonds. The molecule has 0 aliphatic heterocycles. The van der Waals surface area contributed by atoms with Gasteiger partial charge < -0.3 is 20.9 Å². The molecular weight excluding hydrogens is 388 g/mol. The van der Waals surface area contributed by atoms with Crippen molar-refractivity contribution in [1.29, 1.82) is 0 Å². The highest BCUT2D eigenvalue weighted by molar-refractivity contribution is 7.80. The van der Waals surface area contributed by atoms with Crippen LogP contribution in [0.5, 0.6) is 11.5 Å². The fourth-order valence-corrected chi connectivity index (χ4v) is 2.74. The molecule has 0 saturated carbocycles. The third-order valence-electron chi connectivity index (χ3n) is 3.58. The van der Waals surface area contributed by atoms with Gasteiger partial charge in [0.15, 0.2) is 5.75 Å².